The van der Waals surface area contributed by atoms with E-state index in [0.29, 0.717) is 5.92 Å². The SMILES string of the molecule is CC1(O)CCCC2(C)C(O)C(O)C3C(C12)C3(C)C. The Balaban J connectivity index is 2.06. The van der Waals surface area contributed by atoms with E-state index in [1.807, 2.05) is 6.92 Å². The van der Waals surface area contributed by atoms with Crippen molar-refractivity contribution in [3.8, 4) is 0 Å². The summed E-state index contributed by atoms with van der Waals surface area (Å²) in [5.74, 6) is 0.600. The summed E-state index contributed by atoms with van der Waals surface area (Å²) in [7, 11) is 0. The van der Waals surface area contributed by atoms with E-state index >= 15 is 0 Å². The van der Waals surface area contributed by atoms with Crippen LogP contribution in [0.5, 0.6) is 0 Å². The summed E-state index contributed by atoms with van der Waals surface area (Å²) in [5, 5.41) is 31.7. The van der Waals surface area contributed by atoms with Gasteiger partial charge in [0.05, 0.1) is 17.8 Å². The molecule has 0 amide bonds. The van der Waals surface area contributed by atoms with Crippen molar-refractivity contribution >= 4 is 0 Å². The normalized spacial score (nSPS) is 61.8. The summed E-state index contributed by atoms with van der Waals surface area (Å²) >= 11 is 0. The highest BCUT2D eigenvalue weighted by Crippen LogP contribution is 2.74. The van der Waals surface area contributed by atoms with Crippen LogP contribution in [0, 0.1) is 28.6 Å². The number of aliphatic hydroxyl groups is 3. The molecule has 3 aliphatic rings. The molecule has 7 unspecified atom stereocenters. The molecule has 104 valence electrons. The van der Waals surface area contributed by atoms with Gasteiger partial charge in [-0.1, -0.05) is 20.8 Å². The summed E-state index contributed by atoms with van der Waals surface area (Å²) in [6, 6.07) is 0. The zero-order chi connectivity index (χ0) is 13.5. The van der Waals surface area contributed by atoms with E-state index in [4.69, 9.17) is 0 Å². The molecule has 0 aromatic carbocycles. The Bertz CT molecular complexity index is 376. The number of rotatable bonds is 0. The number of hydrogen-bond donors (Lipinski definition) is 3. The molecule has 0 saturated heterocycles. The standard InChI is InChI=1S/C15H26O3/c1-13(2)8-9(13)11-14(3,12(17)10(8)16)6-5-7-15(11,4)18/h8-12,16-18H,5-7H2,1-4H3. The highest BCUT2D eigenvalue weighted by atomic mass is 16.3. The molecular formula is C15H26O3. The van der Waals surface area contributed by atoms with E-state index in [0.717, 1.165) is 19.3 Å². The predicted octanol–water partition coefficient (Wildman–Crippen LogP) is 1.55. The van der Waals surface area contributed by atoms with Crippen molar-refractivity contribution < 1.29 is 15.3 Å². The van der Waals surface area contributed by atoms with Gasteiger partial charge in [-0.2, -0.15) is 0 Å². The van der Waals surface area contributed by atoms with Crippen LogP contribution in [-0.2, 0) is 0 Å². The van der Waals surface area contributed by atoms with Crippen LogP contribution in [0.15, 0.2) is 0 Å². The van der Waals surface area contributed by atoms with E-state index in [9.17, 15) is 15.3 Å². The summed E-state index contributed by atoms with van der Waals surface area (Å²) in [5.41, 5.74) is -0.995. The molecule has 3 nitrogen and oxygen atoms in total. The Morgan fingerprint density at radius 3 is 2.17 bits per heavy atom. The molecule has 3 heteroatoms. The molecule has 0 radical (unpaired) electrons. The second kappa shape index (κ2) is 3.31. The van der Waals surface area contributed by atoms with Gasteiger partial charge in [-0.3, -0.25) is 0 Å². The van der Waals surface area contributed by atoms with Crippen LogP contribution in [0.2, 0.25) is 0 Å². The Morgan fingerprint density at radius 2 is 1.56 bits per heavy atom. The molecule has 0 spiro atoms. The number of aliphatic hydroxyl groups excluding tert-OH is 2. The minimum Gasteiger partial charge on any atom is -0.390 e. The third-order valence-corrected chi connectivity index (χ3v) is 6.50. The van der Waals surface area contributed by atoms with Crippen molar-refractivity contribution in [1.82, 2.24) is 0 Å². The van der Waals surface area contributed by atoms with Crippen LogP contribution in [-0.4, -0.2) is 33.1 Å². The highest BCUT2D eigenvalue weighted by Gasteiger charge is 2.75. The molecule has 0 heterocycles. The fourth-order valence-electron chi connectivity index (χ4n) is 5.57. The largest absolute Gasteiger partial charge is 0.390 e. The van der Waals surface area contributed by atoms with E-state index in [-0.39, 0.29) is 22.7 Å². The van der Waals surface area contributed by atoms with Gasteiger partial charge in [-0.05, 0) is 49.4 Å². The minimum atomic E-state index is -0.704. The van der Waals surface area contributed by atoms with E-state index in [1.165, 1.54) is 0 Å². The lowest BCUT2D eigenvalue weighted by Crippen LogP contribution is -2.60. The summed E-state index contributed by atoms with van der Waals surface area (Å²) < 4.78 is 0. The number of fused-ring (bicyclic) bond motifs is 3. The first-order valence-electron chi connectivity index (χ1n) is 7.22. The summed E-state index contributed by atoms with van der Waals surface area (Å²) in [4.78, 5) is 0. The number of hydrogen-bond acceptors (Lipinski definition) is 3. The van der Waals surface area contributed by atoms with Crippen LogP contribution < -0.4 is 0 Å². The first-order valence-corrected chi connectivity index (χ1v) is 7.22. The lowest BCUT2D eigenvalue weighted by atomic mass is 9.53. The van der Waals surface area contributed by atoms with Gasteiger partial charge in [0.25, 0.3) is 0 Å². The maximum atomic E-state index is 10.8. The van der Waals surface area contributed by atoms with Crippen molar-refractivity contribution in [3.05, 3.63) is 0 Å². The van der Waals surface area contributed by atoms with Gasteiger partial charge in [0.15, 0.2) is 0 Å². The third-order valence-electron chi connectivity index (χ3n) is 6.50. The topological polar surface area (TPSA) is 60.7 Å². The van der Waals surface area contributed by atoms with Gasteiger partial charge in [-0.25, -0.2) is 0 Å². The van der Waals surface area contributed by atoms with Crippen molar-refractivity contribution in [2.24, 2.45) is 28.6 Å². The Labute approximate surface area is 109 Å². The fraction of sp³-hybridized carbons (Fsp3) is 1.00. The van der Waals surface area contributed by atoms with Crippen molar-refractivity contribution in [2.75, 3.05) is 0 Å². The molecule has 18 heavy (non-hydrogen) atoms. The van der Waals surface area contributed by atoms with Crippen LogP contribution >= 0.6 is 0 Å². The lowest BCUT2D eigenvalue weighted by molar-refractivity contribution is -0.196. The Kier molecular flexibility index (Phi) is 2.37. The molecule has 3 N–H and O–H groups in total. The average molecular weight is 254 g/mol. The molecule has 7 atom stereocenters. The van der Waals surface area contributed by atoms with E-state index in [1.54, 1.807) is 0 Å². The summed E-state index contributed by atoms with van der Waals surface area (Å²) in [6.07, 6.45) is 1.33. The minimum absolute atomic E-state index is 0.0458. The average Bonchev–Trinajstić information content (AvgIpc) is 2.77. The van der Waals surface area contributed by atoms with Crippen LogP contribution in [0.1, 0.15) is 47.0 Å². The van der Waals surface area contributed by atoms with Gasteiger partial charge in [0, 0.05) is 5.41 Å². The van der Waals surface area contributed by atoms with Crippen LogP contribution in [0.3, 0.4) is 0 Å². The molecule has 3 aliphatic carbocycles. The van der Waals surface area contributed by atoms with Gasteiger partial charge in [0.2, 0.25) is 0 Å². The quantitative estimate of drug-likeness (QED) is 0.614. The van der Waals surface area contributed by atoms with Gasteiger partial charge < -0.3 is 15.3 Å². The van der Waals surface area contributed by atoms with Crippen LogP contribution in [0.25, 0.3) is 0 Å². The molecule has 3 fully saturated rings. The predicted molar refractivity (Wildman–Crippen MR) is 68.8 cm³/mol. The van der Waals surface area contributed by atoms with Gasteiger partial charge in [-0.15, -0.1) is 0 Å². The molecule has 0 bridgehead atoms. The second-order valence-corrected chi connectivity index (χ2v) is 8.00. The first kappa shape index (κ1) is 12.9. The lowest BCUT2D eigenvalue weighted by Gasteiger charge is -2.55. The Morgan fingerprint density at radius 1 is 0.944 bits per heavy atom. The zero-order valence-corrected chi connectivity index (χ0v) is 11.8. The zero-order valence-electron chi connectivity index (χ0n) is 11.8. The monoisotopic (exact) mass is 254 g/mol. The Hall–Kier alpha value is -0.120. The highest BCUT2D eigenvalue weighted by molar-refractivity contribution is 5.23. The first-order chi connectivity index (χ1) is 8.14. The van der Waals surface area contributed by atoms with Crippen molar-refractivity contribution in [3.63, 3.8) is 0 Å². The molecule has 0 aromatic rings. The smallest absolute Gasteiger partial charge is 0.0859 e. The molecule has 3 saturated carbocycles. The van der Waals surface area contributed by atoms with Crippen LogP contribution in [0.4, 0.5) is 0 Å². The molecule has 0 aliphatic heterocycles. The second-order valence-electron chi connectivity index (χ2n) is 8.00. The maximum Gasteiger partial charge on any atom is 0.0859 e. The summed E-state index contributed by atoms with van der Waals surface area (Å²) in [6.45, 7) is 8.30. The van der Waals surface area contributed by atoms with Gasteiger partial charge >= 0.3 is 0 Å². The third kappa shape index (κ3) is 1.31. The van der Waals surface area contributed by atoms with E-state index in [2.05, 4.69) is 20.8 Å². The van der Waals surface area contributed by atoms with Crippen molar-refractivity contribution in [1.29, 1.82) is 0 Å². The molecule has 3 rings (SSSR count). The van der Waals surface area contributed by atoms with Gasteiger partial charge in [0.1, 0.15) is 0 Å². The fourth-order valence-corrected chi connectivity index (χ4v) is 5.57. The molecule has 0 aromatic heterocycles. The molecular weight excluding hydrogens is 228 g/mol. The maximum absolute atomic E-state index is 10.8. The van der Waals surface area contributed by atoms with E-state index < -0.39 is 17.8 Å². The van der Waals surface area contributed by atoms with Crippen molar-refractivity contribution in [2.45, 2.75) is 64.8 Å².